The van der Waals surface area contributed by atoms with E-state index in [4.69, 9.17) is 9.47 Å². The summed E-state index contributed by atoms with van der Waals surface area (Å²) in [6, 6.07) is 3.96. The lowest BCUT2D eigenvalue weighted by atomic mass is 10.1. The highest BCUT2D eigenvalue weighted by atomic mass is 16.5. The molecule has 0 spiro atoms. The molecule has 120 valence electrons. The number of piperazine rings is 1. The van der Waals surface area contributed by atoms with Crippen LogP contribution in [0.4, 0.5) is 0 Å². The third-order valence-electron chi connectivity index (χ3n) is 4.43. The number of hydrogen-bond donors (Lipinski definition) is 0. The minimum Gasteiger partial charge on any atom is -0.382 e. The summed E-state index contributed by atoms with van der Waals surface area (Å²) < 4.78 is 10.9. The van der Waals surface area contributed by atoms with Crippen molar-refractivity contribution in [1.29, 1.82) is 0 Å². The molecule has 3 heterocycles. The van der Waals surface area contributed by atoms with Gasteiger partial charge in [0.15, 0.2) is 0 Å². The molecule has 0 aromatic carbocycles. The van der Waals surface area contributed by atoms with Crippen LogP contribution >= 0.6 is 0 Å². The predicted molar refractivity (Wildman–Crippen MR) is 81.7 cm³/mol. The van der Waals surface area contributed by atoms with E-state index >= 15 is 0 Å². The van der Waals surface area contributed by atoms with E-state index in [2.05, 4.69) is 9.88 Å². The summed E-state index contributed by atoms with van der Waals surface area (Å²) in [4.78, 5) is 20.9. The quantitative estimate of drug-likeness (QED) is 0.748. The molecule has 0 aliphatic carbocycles. The Bertz CT molecular complexity index is 497. The lowest BCUT2D eigenvalue weighted by Gasteiger charge is -2.37. The van der Waals surface area contributed by atoms with Gasteiger partial charge >= 0.3 is 0 Å². The zero-order valence-corrected chi connectivity index (χ0v) is 13.0. The highest BCUT2D eigenvalue weighted by Crippen LogP contribution is 2.24. The summed E-state index contributed by atoms with van der Waals surface area (Å²) in [5.41, 5.74) is 0.717. The van der Waals surface area contributed by atoms with E-state index in [9.17, 15) is 4.79 Å². The summed E-state index contributed by atoms with van der Waals surface area (Å²) in [7, 11) is 1.68. The molecule has 1 aromatic heterocycles. The minimum absolute atomic E-state index is 0.103. The number of methoxy groups -OCH3 is 1. The van der Waals surface area contributed by atoms with Gasteiger partial charge < -0.3 is 14.4 Å². The lowest BCUT2D eigenvalue weighted by Crippen LogP contribution is -2.52. The first-order valence-electron chi connectivity index (χ1n) is 7.82. The number of amides is 1. The van der Waals surface area contributed by atoms with Crippen molar-refractivity contribution in [3.63, 3.8) is 0 Å². The molecule has 0 saturated carbocycles. The molecule has 2 atom stereocenters. The molecule has 1 aromatic rings. The van der Waals surface area contributed by atoms with Crippen molar-refractivity contribution in [3.8, 4) is 0 Å². The molecule has 2 aliphatic heterocycles. The van der Waals surface area contributed by atoms with E-state index in [1.54, 1.807) is 31.6 Å². The molecule has 22 heavy (non-hydrogen) atoms. The molecule has 0 unspecified atom stereocenters. The Labute approximate surface area is 131 Å². The van der Waals surface area contributed by atoms with Crippen LogP contribution in [0.3, 0.4) is 0 Å². The van der Waals surface area contributed by atoms with Crippen molar-refractivity contribution in [2.45, 2.75) is 18.6 Å². The highest BCUT2D eigenvalue weighted by molar-refractivity contribution is 5.94. The normalized spacial score (nSPS) is 25.2. The number of aromatic nitrogens is 1. The maximum atomic E-state index is 12.5. The number of ether oxygens (including phenoxy) is 2. The van der Waals surface area contributed by atoms with Crippen LogP contribution in [0.15, 0.2) is 24.5 Å². The summed E-state index contributed by atoms with van der Waals surface area (Å²) in [5, 5.41) is 0. The lowest BCUT2D eigenvalue weighted by molar-refractivity contribution is 0.0220. The van der Waals surface area contributed by atoms with Crippen molar-refractivity contribution in [2.75, 3.05) is 46.5 Å². The first kappa shape index (κ1) is 15.4. The van der Waals surface area contributed by atoms with Gasteiger partial charge in [0.25, 0.3) is 5.91 Å². The molecule has 6 heteroatoms. The summed E-state index contributed by atoms with van der Waals surface area (Å²) in [6.45, 7) is 4.72. The van der Waals surface area contributed by atoms with Crippen LogP contribution in [0.25, 0.3) is 0 Å². The fourth-order valence-corrected chi connectivity index (χ4v) is 3.28. The van der Waals surface area contributed by atoms with Gasteiger partial charge in [-0.05, 0) is 18.6 Å². The highest BCUT2D eigenvalue weighted by Gasteiger charge is 2.37. The van der Waals surface area contributed by atoms with Crippen molar-refractivity contribution >= 4 is 5.91 Å². The monoisotopic (exact) mass is 305 g/mol. The zero-order valence-electron chi connectivity index (χ0n) is 13.0. The maximum absolute atomic E-state index is 12.5. The SMILES string of the molecule is COCCO[C@@H]1C[C@H]2CN(C(=O)c3ccncc3)CCN2C1. The maximum Gasteiger partial charge on any atom is 0.254 e. The van der Waals surface area contributed by atoms with E-state index < -0.39 is 0 Å². The van der Waals surface area contributed by atoms with Gasteiger partial charge in [-0.25, -0.2) is 0 Å². The molecule has 0 N–H and O–H groups in total. The number of carbonyl (C=O) groups excluding carboxylic acids is 1. The van der Waals surface area contributed by atoms with Gasteiger partial charge in [0.1, 0.15) is 0 Å². The molecule has 1 amide bonds. The van der Waals surface area contributed by atoms with Crippen LogP contribution in [0.1, 0.15) is 16.8 Å². The molecule has 6 nitrogen and oxygen atoms in total. The Hall–Kier alpha value is -1.50. The molecule has 3 rings (SSSR count). The van der Waals surface area contributed by atoms with Crippen molar-refractivity contribution in [3.05, 3.63) is 30.1 Å². The van der Waals surface area contributed by atoms with Gasteiger partial charge in [-0.1, -0.05) is 0 Å². The topological polar surface area (TPSA) is 54.9 Å². The zero-order chi connectivity index (χ0) is 15.4. The van der Waals surface area contributed by atoms with Crippen LogP contribution in [-0.2, 0) is 9.47 Å². The van der Waals surface area contributed by atoms with Crippen LogP contribution in [0, 0.1) is 0 Å². The Morgan fingerprint density at radius 3 is 2.86 bits per heavy atom. The van der Waals surface area contributed by atoms with E-state index in [0.29, 0.717) is 24.8 Å². The average Bonchev–Trinajstić information content (AvgIpc) is 2.97. The van der Waals surface area contributed by atoms with Gasteiger partial charge in [-0.15, -0.1) is 0 Å². The third kappa shape index (κ3) is 3.45. The van der Waals surface area contributed by atoms with Gasteiger partial charge in [-0.2, -0.15) is 0 Å². The smallest absolute Gasteiger partial charge is 0.254 e. The second-order valence-corrected chi connectivity index (χ2v) is 5.86. The largest absolute Gasteiger partial charge is 0.382 e. The number of pyridine rings is 1. The van der Waals surface area contributed by atoms with Gasteiger partial charge in [0.05, 0.1) is 19.3 Å². The van der Waals surface area contributed by atoms with E-state index in [1.165, 1.54) is 0 Å². The molecule has 0 radical (unpaired) electrons. The number of fused-ring (bicyclic) bond motifs is 1. The fourth-order valence-electron chi connectivity index (χ4n) is 3.28. The van der Waals surface area contributed by atoms with Crippen LogP contribution in [-0.4, -0.2) is 79.3 Å². The van der Waals surface area contributed by atoms with E-state index in [1.807, 2.05) is 4.90 Å². The second-order valence-electron chi connectivity index (χ2n) is 5.86. The molecule has 2 saturated heterocycles. The average molecular weight is 305 g/mol. The molecule has 0 bridgehead atoms. The molecular weight excluding hydrogens is 282 g/mol. The van der Waals surface area contributed by atoms with Crippen LogP contribution < -0.4 is 0 Å². The fraction of sp³-hybridized carbons (Fsp3) is 0.625. The number of rotatable bonds is 5. The summed E-state index contributed by atoms with van der Waals surface area (Å²) in [5.74, 6) is 0.103. The van der Waals surface area contributed by atoms with E-state index in [-0.39, 0.29) is 12.0 Å². The van der Waals surface area contributed by atoms with Gasteiger partial charge in [0.2, 0.25) is 0 Å². The Morgan fingerprint density at radius 2 is 2.09 bits per heavy atom. The summed E-state index contributed by atoms with van der Waals surface area (Å²) in [6.07, 6.45) is 4.58. The van der Waals surface area contributed by atoms with Gasteiger partial charge in [0, 0.05) is 57.3 Å². The number of nitrogens with zero attached hydrogens (tertiary/aromatic N) is 3. The molecule has 2 fully saturated rings. The number of carbonyl (C=O) groups is 1. The Kier molecular flexibility index (Phi) is 5.02. The number of hydrogen-bond acceptors (Lipinski definition) is 5. The Balaban J connectivity index is 1.54. The molecule has 2 aliphatic rings. The standard InChI is InChI=1S/C16H23N3O3/c1-21-8-9-22-15-10-14-11-19(7-6-18(14)12-15)16(20)13-2-4-17-5-3-13/h2-5,14-15H,6-12H2,1H3/t14-,15+/m0/s1. The molecular formula is C16H23N3O3. The van der Waals surface area contributed by atoms with Crippen molar-refractivity contribution in [1.82, 2.24) is 14.8 Å². The van der Waals surface area contributed by atoms with E-state index in [0.717, 1.165) is 32.6 Å². The first-order valence-corrected chi connectivity index (χ1v) is 7.82. The first-order chi connectivity index (χ1) is 10.8. The van der Waals surface area contributed by atoms with Crippen LogP contribution in [0.5, 0.6) is 0 Å². The van der Waals surface area contributed by atoms with Crippen LogP contribution in [0.2, 0.25) is 0 Å². The van der Waals surface area contributed by atoms with Crippen molar-refractivity contribution < 1.29 is 14.3 Å². The van der Waals surface area contributed by atoms with Gasteiger partial charge in [-0.3, -0.25) is 14.7 Å². The predicted octanol–water partition coefficient (Wildman–Crippen LogP) is 0.643. The van der Waals surface area contributed by atoms with Crippen molar-refractivity contribution in [2.24, 2.45) is 0 Å². The summed E-state index contributed by atoms with van der Waals surface area (Å²) >= 11 is 0. The minimum atomic E-state index is 0.103. The Morgan fingerprint density at radius 1 is 1.27 bits per heavy atom. The second kappa shape index (κ2) is 7.17. The third-order valence-corrected chi connectivity index (χ3v) is 4.43.